The second-order valence-electron chi connectivity index (χ2n) is 8.30. The van der Waals surface area contributed by atoms with Crippen molar-refractivity contribution in [2.45, 2.75) is 31.7 Å². The van der Waals surface area contributed by atoms with Crippen LogP contribution in [-0.4, -0.2) is 69.5 Å². The Hall–Kier alpha value is -3.03. The molecule has 2 amide bonds. The SMILES string of the molecule is C[C@H]1CN(c2ncc(C[C@H](O)CO)cc2C(F)(F)F)CCN1C(=O)Nc1nc2ccc(F)cc2s1. The predicted octanol–water partition coefficient (Wildman–Crippen LogP) is 3.49. The number of rotatable bonds is 5. The van der Waals surface area contributed by atoms with Gasteiger partial charge in [-0.3, -0.25) is 5.32 Å². The summed E-state index contributed by atoms with van der Waals surface area (Å²) in [6.07, 6.45) is -4.76. The summed E-state index contributed by atoms with van der Waals surface area (Å²) in [5.74, 6) is -0.659. The van der Waals surface area contributed by atoms with Gasteiger partial charge in [-0.2, -0.15) is 13.2 Å². The van der Waals surface area contributed by atoms with Crippen LogP contribution in [-0.2, 0) is 12.6 Å². The molecule has 3 heterocycles. The maximum absolute atomic E-state index is 13.8. The molecule has 0 aliphatic carbocycles. The van der Waals surface area contributed by atoms with Crippen molar-refractivity contribution in [2.24, 2.45) is 0 Å². The Balaban J connectivity index is 1.47. The molecule has 188 valence electrons. The number of aromatic nitrogens is 2. The predicted molar refractivity (Wildman–Crippen MR) is 123 cm³/mol. The highest BCUT2D eigenvalue weighted by Gasteiger charge is 2.38. The largest absolute Gasteiger partial charge is 0.419 e. The molecule has 1 fully saturated rings. The third kappa shape index (κ3) is 5.63. The van der Waals surface area contributed by atoms with Gasteiger partial charge in [0.15, 0.2) is 5.13 Å². The van der Waals surface area contributed by atoms with Gasteiger partial charge in [-0.05, 0) is 36.8 Å². The van der Waals surface area contributed by atoms with Crippen LogP contribution in [0.3, 0.4) is 0 Å². The first-order valence-corrected chi connectivity index (χ1v) is 11.6. The molecule has 13 heteroatoms. The van der Waals surface area contributed by atoms with E-state index in [2.05, 4.69) is 15.3 Å². The first kappa shape index (κ1) is 25.1. The molecule has 35 heavy (non-hydrogen) atoms. The van der Waals surface area contributed by atoms with E-state index in [0.717, 1.165) is 17.4 Å². The van der Waals surface area contributed by atoms with Gasteiger partial charge < -0.3 is 20.0 Å². The summed E-state index contributed by atoms with van der Waals surface area (Å²) in [6, 6.07) is 4.16. The monoisotopic (exact) mass is 513 g/mol. The lowest BCUT2D eigenvalue weighted by molar-refractivity contribution is -0.137. The highest BCUT2D eigenvalue weighted by Crippen LogP contribution is 2.37. The van der Waals surface area contributed by atoms with Crippen LogP contribution in [0.4, 0.5) is 33.3 Å². The Morgan fingerprint density at radius 3 is 2.77 bits per heavy atom. The molecule has 1 saturated heterocycles. The quantitative estimate of drug-likeness (QED) is 0.452. The third-order valence-corrected chi connectivity index (χ3v) is 6.60. The van der Waals surface area contributed by atoms with Crippen molar-refractivity contribution < 1.29 is 32.6 Å². The first-order valence-electron chi connectivity index (χ1n) is 10.8. The van der Waals surface area contributed by atoms with Gasteiger partial charge in [0.05, 0.1) is 28.5 Å². The number of aliphatic hydroxyl groups excluding tert-OH is 2. The van der Waals surface area contributed by atoms with Gasteiger partial charge in [0.25, 0.3) is 0 Å². The van der Waals surface area contributed by atoms with Crippen LogP contribution in [0.1, 0.15) is 18.1 Å². The van der Waals surface area contributed by atoms with Crippen molar-refractivity contribution in [3.05, 3.63) is 47.4 Å². The molecule has 0 saturated carbocycles. The minimum absolute atomic E-state index is 0.118. The molecule has 4 rings (SSSR count). The Bertz CT molecular complexity index is 1220. The van der Waals surface area contributed by atoms with Crippen molar-refractivity contribution in [3.8, 4) is 0 Å². The van der Waals surface area contributed by atoms with Crippen molar-refractivity contribution >= 4 is 38.5 Å². The van der Waals surface area contributed by atoms with Gasteiger partial charge in [-0.15, -0.1) is 0 Å². The van der Waals surface area contributed by atoms with Crippen LogP contribution in [0.2, 0.25) is 0 Å². The second-order valence-corrected chi connectivity index (χ2v) is 9.33. The Kier molecular flexibility index (Phi) is 7.10. The smallest absolute Gasteiger partial charge is 0.394 e. The van der Waals surface area contributed by atoms with Gasteiger partial charge >= 0.3 is 12.2 Å². The van der Waals surface area contributed by atoms with Crippen molar-refractivity contribution in [1.29, 1.82) is 0 Å². The summed E-state index contributed by atoms with van der Waals surface area (Å²) in [5.41, 5.74) is -0.235. The van der Waals surface area contributed by atoms with Crippen LogP contribution in [0.5, 0.6) is 0 Å². The molecule has 2 atom stereocenters. The average molecular weight is 514 g/mol. The standard InChI is InChI=1S/C22H23F4N5O3S/c1-12-10-30(19-16(22(24,25)26)7-13(9-27-19)6-15(33)11-32)4-5-31(12)21(34)29-20-28-17-3-2-14(23)8-18(17)35-20/h2-3,7-9,12,15,32-33H,4-6,10-11H2,1H3,(H,28,29,34)/t12-,15-/m0/s1. The number of pyridine rings is 1. The van der Waals surface area contributed by atoms with E-state index in [1.54, 1.807) is 6.92 Å². The lowest BCUT2D eigenvalue weighted by Crippen LogP contribution is -2.55. The van der Waals surface area contributed by atoms with Gasteiger partial charge in [-0.25, -0.2) is 19.2 Å². The summed E-state index contributed by atoms with van der Waals surface area (Å²) in [7, 11) is 0. The van der Waals surface area contributed by atoms with Crippen molar-refractivity contribution in [1.82, 2.24) is 14.9 Å². The summed E-state index contributed by atoms with van der Waals surface area (Å²) in [6.45, 7) is 1.54. The molecule has 0 bridgehead atoms. The molecule has 0 radical (unpaired) electrons. The highest BCUT2D eigenvalue weighted by molar-refractivity contribution is 7.22. The molecule has 1 aliphatic rings. The number of amides is 2. The number of hydrogen-bond acceptors (Lipinski definition) is 7. The number of alkyl halides is 3. The van der Waals surface area contributed by atoms with Crippen LogP contribution in [0.25, 0.3) is 10.2 Å². The van der Waals surface area contributed by atoms with Gasteiger partial charge in [0, 0.05) is 38.3 Å². The fourth-order valence-electron chi connectivity index (χ4n) is 3.98. The number of piperazine rings is 1. The van der Waals surface area contributed by atoms with E-state index in [0.29, 0.717) is 15.3 Å². The number of halogens is 4. The van der Waals surface area contributed by atoms with E-state index in [1.165, 1.54) is 34.2 Å². The van der Waals surface area contributed by atoms with E-state index in [9.17, 15) is 27.5 Å². The average Bonchev–Trinajstić information content (AvgIpc) is 3.19. The summed E-state index contributed by atoms with van der Waals surface area (Å²) in [4.78, 5) is 24.1. The van der Waals surface area contributed by atoms with Crippen LogP contribution >= 0.6 is 11.3 Å². The van der Waals surface area contributed by atoms with E-state index < -0.39 is 42.3 Å². The topological polar surface area (TPSA) is 102 Å². The number of benzene rings is 1. The van der Waals surface area contributed by atoms with Gasteiger partial charge in [-0.1, -0.05) is 11.3 Å². The van der Waals surface area contributed by atoms with E-state index in [-0.39, 0.29) is 37.4 Å². The minimum Gasteiger partial charge on any atom is -0.394 e. The molecule has 0 spiro atoms. The molecular weight excluding hydrogens is 490 g/mol. The lowest BCUT2D eigenvalue weighted by Gasteiger charge is -2.40. The minimum atomic E-state index is -4.67. The number of anilines is 2. The van der Waals surface area contributed by atoms with Crippen LogP contribution < -0.4 is 10.2 Å². The third-order valence-electron chi connectivity index (χ3n) is 5.66. The number of aliphatic hydroxyl groups is 2. The Labute approximate surface area is 201 Å². The number of carbonyl (C=O) groups is 1. The van der Waals surface area contributed by atoms with Crippen molar-refractivity contribution in [2.75, 3.05) is 36.5 Å². The summed E-state index contributed by atoms with van der Waals surface area (Å²) < 4.78 is 55.3. The number of hydrogen-bond donors (Lipinski definition) is 3. The Morgan fingerprint density at radius 1 is 1.31 bits per heavy atom. The molecule has 3 aromatic rings. The number of carbonyl (C=O) groups excluding carboxylic acids is 1. The molecule has 1 aromatic carbocycles. The number of nitrogens with zero attached hydrogens (tertiary/aromatic N) is 4. The zero-order valence-corrected chi connectivity index (χ0v) is 19.4. The maximum atomic E-state index is 13.8. The van der Waals surface area contributed by atoms with Crippen LogP contribution in [0.15, 0.2) is 30.5 Å². The first-order chi connectivity index (χ1) is 16.5. The Morgan fingerprint density at radius 2 is 2.09 bits per heavy atom. The van der Waals surface area contributed by atoms with E-state index in [4.69, 9.17) is 5.11 Å². The second kappa shape index (κ2) is 9.91. The molecule has 8 nitrogen and oxygen atoms in total. The maximum Gasteiger partial charge on any atom is 0.419 e. The number of thiazole rings is 1. The molecule has 3 N–H and O–H groups in total. The normalized spacial score (nSPS) is 17.6. The zero-order valence-electron chi connectivity index (χ0n) is 18.6. The van der Waals surface area contributed by atoms with Gasteiger partial charge in [0.1, 0.15) is 11.6 Å². The van der Waals surface area contributed by atoms with E-state index in [1.807, 2.05) is 0 Å². The summed E-state index contributed by atoms with van der Waals surface area (Å²) in [5, 5.41) is 21.5. The molecule has 1 aliphatic heterocycles. The summed E-state index contributed by atoms with van der Waals surface area (Å²) >= 11 is 1.13. The van der Waals surface area contributed by atoms with Crippen LogP contribution in [0, 0.1) is 5.82 Å². The van der Waals surface area contributed by atoms with Gasteiger partial charge in [0.2, 0.25) is 0 Å². The van der Waals surface area contributed by atoms with Crippen molar-refractivity contribution in [3.63, 3.8) is 0 Å². The molecular formula is C22H23F4N5O3S. The van der Waals surface area contributed by atoms with E-state index >= 15 is 0 Å². The number of nitrogens with one attached hydrogen (secondary N) is 1. The highest BCUT2D eigenvalue weighted by atomic mass is 32.1. The molecule has 2 aromatic heterocycles. The fraction of sp³-hybridized carbons (Fsp3) is 0.409. The fourth-order valence-corrected chi connectivity index (χ4v) is 4.86. The zero-order chi connectivity index (χ0) is 25.3. The number of fused-ring (bicyclic) bond motifs is 1. The lowest BCUT2D eigenvalue weighted by atomic mass is 10.1. The molecule has 0 unspecified atom stereocenters. The number of urea groups is 1.